The molecule has 2 rings (SSSR count). The van der Waals surface area contributed by atoms with Crippen molar-refractivity contribution in [2.75, 3.05) is 11.5 Å². The van der Waals surface area contributed by atoms with Crippen molar-refractivity contribution < 1.29 is 13.4 Å². The van der Waals surface area contributed by atoms with Crippen molar-refractivity contribution in [3.8, 4) is 0 Å². The number of hydrogen-bond donors (Lipinski definition) is 1. The van der Waals surface area contributed by atoms with Gasteiger partial charge in [-0.2, -0.15) is 0 Å². The summed E-state index contributed by atoms with van der Waals surface area (Å²) in [6.45, 7) is 0. The van der Waals surface area contributed by atoms with Crippen molar-refractivity contribution in [3.05, 3.63) is 35.6 Å². The van der Waals surface area contributed by atoms with E-state index in [0.717, 1.165) is 0 Å². The van der Waals surface area contributed by atoms with Crippen LogP contribution in [-0.2, 0) is 10.8 Å². The molecule has 5 heteroatoms. The first-order valence-corrected chi connectivity index (χ1v) is 7.06. The molecule has 1 aromatic rings. The molecule has 1 heterocycles. The second-order valence-electron chi connectivity index (χ2n) is 4.08. The van der Waals surface area contributed by atoms with Crippen LogP contribution in [-0.4, -0.2) is 27.7 Å². The Balaban J connectivity index is 1.98. The van der Waals surface area contributed by atoms with E-state index >= 15 is 0 Å². The van der Waals surface area contributed by atoms with Crippen LogP contribution in [0, 0.1) is 5.82 Å². The lowest BCUT2D eigenvalue weighted by atomic mass is 10.1. The van der Waals surface area contributed by atoms with Gasteiger partial charge < -0.3 is 5.32 Å². The van der Waals surface area contributed by atoms with E-state index in [9.17, 15) is 13.4 Å². The Labute approximate surface area is 102 Å². The van der Waals surface area contributed by atoms with E-state index in [1.165, 1.54) is 12.1 Å². The zero-order valence-corrected chi connectivity index (χ0v) is 10.1. The summed E-state index contributed by atoms with van der Waals surface area (Å²) >= 11 is 0. The minimum absolute atomic E-state index is 0.0137. The van der Waals surface area contributed by atoms with Crippen molar-refractivity contribution in [1.29, 1.82) is 0 Å². The molecule has 92 valence electrons. The van der Waals surface area contributed by atoms with Gasteiger partial charge in [-0.05, 0) is 25.0 Å². The van der Waals surface area contributed by atoms with Gasteiger partial charge in [0.25, 0.3) is 5.91 Å². The van der Waals surface area contributed by atoms with Crippen LogP contribution in [0.25, 0.3) is 0 Å². The molecule has 0 bridgehead atoms. The summed E-state index contributed by atoms with van der Waals surface area (Å²) in [6, 6.07) is 5.93. The smallest absolute Gasteiger partial charge is 0.254 e. The highest BCUT2D eigenvalue weighted by atomic mass is 32.2. The third kappa shape index (κ3) is 3.12. The van der Waals surface area contributed by atoms with Gasteiger partial charge in [0.15, 0.2) is 0 Å². The second-order valence-corrected chi connectivity index (χ2v) is 5.77. The summed E-state index contributed by atoms with van der Waals surface area (Å²) in [5.74, 6) is 0.329. The molecule has 1 saturated heterocycles. The molecule has 0 radical (unpaired) electrons. The third-order valence-electron chi connectivity index (χ3n) is 2.84. The Kier molecular flexibility index (Phi) is 3.89. The number of carbonyl (C=O) groups is 1. The molecule has 0 atom stereocenters. The molecular formula is C12H14FNO2S. The molecule has 3 nitrogen and oxygen atoms in total. The highest BCUT2D eigenvalue weighted by Gasteiger charge is 2.21. The maximum absolute atomic E-state index is 13.3. The fourth-order valence-corrected chi connectivity index (χ4v) is 3.15. The summed E-state index contributed by atoms with van der Waals surface area (Å²) in [7, 11) is -0.750. The van der Waals surface area contributed by atoms with Crippen molar-refractivity contribution in [3.63, 3.8) is 0 Å². The predicted octanol–water partition coefficient (Wildman–Crippen LogP) is 1.47. The first-order valence-electron chi connectivity index (χ1n) is 5.57. The zero-order valence-electron chi connectivity index (χ0n) is 9.32. The van der Waals surface area contributed by atoms with Crippen LogP contribution < -0.4 is 5.32 Å². The molecule has 1 aliphatic heterocycles. The molecule has 1 fully saturated rings. The Bertz CT molecular complexity index is 440. The molecule has 1 amide bonds. The molecule has 0 aromatic heterocycles. The lowest BCUT2D eigenvalue weighted by molar-refractivity contribution is 0.0930. The van der Waals surface area contributed by atoms with Crippen molar-refractivity contribution >= 4 is 16.7 Å². The molecule has 17 heavy (non-hydrogen) atoms. The van der Waals surface area contributed by atoms with Crippen LogP contribution >= 0.6 is 0 Å². The predicted molar refractivity (Wildman–Crippen MR) is 64.8 cm³/mol. The van der Waals surface area contributed by atoms with Gasteiger partial charge in [0.05, 0.1) is 5.56 Å². The number of amides is 1. The van der Waals surface area contributed by atoms with Gasteiger partial charge in [-0.3, -0.25) is 9.00 Å². The first kappa shape index (κ1) is 12.2. The third-order valence-corrected chi connectivity index (χ3v) is 4.22. The number of benzene rings is 1. The average molecular weight is 255 g/mol. The Morgan fingerprint density at radius 3 is 2.59 bits per heavy atom. The molecule has 0 aliphatic carbocycles. The zero-order chi connectivity index (χ0) is 12.3. The topological polar surface area (TPSA) is 46.2 Å². The maximum atomic E-state index is 13.3. The van der Waals surface area contributed by atoms with E-state index in [-0.39, 0.29) is 17.5 Å². The van der Waals surface area contributed by atoms with Crippen LogP contribution in [0.5, 0.6) is 0 Å². The molecule has 0 spiro atoms. The summed E-state index contributed by atoms with van der Waals surface area (Å²) < 4.78 is 24.5. The van der Waals surface area contributed by atoms with Crippen molar-refractivity contribution in [2.24, 2.45) is 0 Å². The van der Waals surface area contributed by atoms with E-state index < -0.39 is 16.6 Å². The molecule has 1 aromatic carbocycles. The van der Waals surface area contributed by atoms with E-state index in [2.05, 4.69) is 5.32 Å². The van der Waals surface area contributed by atoms with Gasteiger partial charge in [0.1, 0.15) is 5.82 Å². The average Bonchev–Trinajstić information content (AvgIpc) is 2.32. The van der Waals surface area contributed by atoms with Crippen LogP contribution in [0.3, 0.4) is 0 Å². The van der Waals surface area contributed by atoms with Crippen molar-refractivity contribution in [2.45, 2.75) is 18.9 Å². The number of carbonyl (C=O) groups excluding carboxylic acids is 1. The van der Waals surface area contributed by atoms with E-state index in [1.807, 2.05) is 0 Å². The quantitative estimate of drug-likeness (QED) is 0.869. The van der Waals surface area contributed by atoms with Crippen LogP contribution in [0.1, 0.15) is 23.2 Å². The minimum atomic E-state index is -0.750. The number of hydrogen-bond acceptors (Lipinski definition) is 2. The lowest BCUT2D eigenvalue weighted by Crippen LogP contribution is -2.39. The van der Waals surface area contributed by atoms with Gasteiger partial charge in [-0.25, -0.2) is 4.39 Å². The fourth-order valence-electron chi connectivity index (χ4n) is 1.85. The maximum Gasteiger partial charge on any atom is 0.254 e. The molecule has 1 aliphatic rings. The van der Waals surface area contributed by atoms with Gasteiger partial charge in [-0.1, -0.05) is 12.1 Å². The molecule has 0 unspecified atom stereocenters. The molecule has 0 saturated carbocycles. The summed E-state index contributed by atoms with van der Waals surface area (Å²) in [6.07, 6.45) is 1.40. The van der Waals surface area contributed by atoms with E-state index in [0.29, 0.717) is 24.3 Å². The van der Waals surface area contributed by atoms with E-state index in [4.69, 9.17) is 0 Å². The Morgan fingerprint density at radius 2 is 1.94 bits per heavy atom. The van der Waals surface area contributed by atoms with Gasteiger partial charge in [-0.15, -0.1) is 0 Å². The monoisotopic (exact) mass is 255 g/mol. The number of halogens is 1. The minimum Gasteiger partial charge on any atom is -0.349 e. The summed E-state index contributed by atoms with van der Waals surface area (Å²) in [5.41, 5.74) is 0.0687. The van der Waals surface area contributed by atoms with Gasteiger partial charge in [0, 0.05) is 28.3 Å². The number of nitrogens with one attached hydrogen (secondary N) is 1. The summed E-state index contributed by atoms with van der Waals surface area (Å²) in [5, 5.41) is 2.78. The molecule has 1 N–H and O–H groups in total. The lowest BCUT2D eigenvalue weighted by Gasteiger charge is -2.22. The Morgan fingerprint density at radius 1 is 1.29 bits per heavy atom. The summed E-state index contributed by atoms with van der Waals surface area (Å²) in [4.78, 5) is 11.8. The first-order chi connectivity index (χ1) is 8.16. The highest BCUT2D eigenvalue weighted by molar-refractivity contribution is 7.85. The van der Waals surface area contributed by atoms with Gasteiger partial charge >= 0.3 is 0 Å². The van der Waals surface area contributed by atoms with Crippen LogP contribution in [0.15, 0.2) is 24.3 Å². The van der Waals surface area contributed by atoms with Crippen molar-refractivity contribution in [1.82, 2.24) is 5.32 Å². The van der Waals surface area contributed by atoms with Crippen LogP contribution in [0.4, 0.5) is 4.39 Å². The van der Waals surface area contributed by atoms with Crippen LogP contribution in [0.2, 0.25) is 0 Å². The fraction of sp³-hybridized carbons (Fsp3) is 0.417. The standard InChI is InChI=1S/C12H14FNO2S/c13-11-4-2-1-3-10(11)12(15)14-9-5-7-17(16)8-6-9/h1-4,9H,5-8H2,(H,14,15). The number of rotatable bonds is 2. The normalized spacial score (nSPS) is 24.3. The second kappa shape index (κ2) is 5.40. The Hall–Kier alpha value is -1.23. The SMILES string of the molecule is O=C(NC1CCS(=O)CC1)c1ccccc1F. The van der Waals surface area contributed by atoms with Gasteiger partial charge in [0.2, 0.25) is 0 Å². The largest absolute Gasteiger partial charge is 0.349 e. The van der Waals surface area contributed by atoms with E-state index in [1.54, 1.807) is 12.1 Å². The highest BCUT2D eigenvalue weighted by Crippen LogP contribution is 2.11. The molecular weight excluding hydrogens is 241 g/mol.